The van der Waals surface area contributed by atoms with E-state index in [4.69, 9.17) is 21.7 Å². The minimum absolute atomic E-state index is 0.0209. The monoisotopic (exact) mass is 491 g/mol. The molecule has 2 N–H and O–H groups in total. The van der Waals surface area contributed by atoms with E-state index in [2.05, 4.69) is 22.2 Å². The molecular formula is C27H26FN3O3S. The number of anilines is 1. The van der Waals surface area contributed by atoms with Crippen LogP contribution in [0.2, 0.25) is 0 Å². The number of rotatable bonds is 10. The van der Waals surface area contributed by atoms with Crippen LogP contribution in [0.15, 0.2) is 73.1 Å². The molecule has 3 aromatic rings. The molecule has 2 aromatic carbocycles. The third-order valence-corrected chi connectivity index (χ3v) is 5.01. The molecule has 180 valence electrons. The predicted octanol–water partition coefficient (Wildman–Crippen LogP) is 3.85. The van der Waals surface area contributed by atoms with Gasteiger partial charge in [0.1, 0.15) is 12.0 Å². The molecule has 8 heteroatoms. The number of benzene rings is 2. The average Bonchev–Trinajstić information content (AvgIpc) is 2.84. The first kappa shape index (κ1) is 25.7. The standard InChI is InChI=1S/C27H26FN3O3S/c1-19(17-20-7-4-3-5-8-20)30-27(35)31-21-10-11-26(23(28)18-21)34-25-12-14-29-24(13-16-33-2)22(25)9-6-15-32/h3-5,7-15,18H,1,6,16-17H2,2H3,(H2,30,31,35)/b22-9+,24-13+. The van der Waals surface area contributed by atoms with Crippen LogP contribution in [0, 0.1) is 5.82 Å². The zero-order chi connectivity index (χ0) is 25.0. The lowest BCUT2D eigenvalue weighted by atomic mass is 10.1. The maximum Gasteiger partial charge on any atom is 0.175 e. The van der Waals surface area contributed by atoms with Gasteiger partial charge in [0.15, 0.2) is 16.7 Å². The summed E-state index contributed by atoms with van der Waals surface area (Å²) >= 11 is 5.33. The Kier molecular flexibility index (Phi) is 9.65. The number of aldehydes is 1. The lowest BCUT2D eigenvalue weighted by Gasteiger charge is -2.14. The molecule has 0 aliphatic rings. The predicted molar refractivity (Wildman–Crippen MR) is 140 cm³/mol. The number of allylic oxidation sites excluding steroid dienone is 1. The minimum atomic E-state index is -0.582. The highest BCUT2D eigenvalue weighted by Gasteiger charge is 2.09. The second-order valence-corrected chi connectivity index (χ2v) is 7.87. The molecule has 0 saturated carbocycles. The Bertz CT molecular complexity index is 1310. The van der Waals surface area contributed by atoms with Gasteiger partial charge in [-0.05, 0) is 42.1 Å². The first-order valence-electron chi connectivity index (χ1n) is 10.8. The highest BCUT2D eigenvalue weighted by molar-refractivity contribution is 7.80. The zero-order valence-corrected chi connectivity index (χ0v) is 20.1. The second-order valence-electron chi connectivity index (χ2n) is 7.47. The van der Waals surface area contributed by atoms with Crippen molar-refractivity contribution >= 4 is 41.5 Å². The van der Waals surface area contributed by atoms with Crippen LogP contribution in [0.3, 0.4) is 0 Å². The van der Waals surface area contributed by atoms with E-state index in [0.29, 0.717) is 45.8 Å². The molecule has 6 nitrogen and oxygen atoms in total. The number of methoxy groups -OCH3 is 1. The van der Waals surface area contributed by atoms with Gasteiger partial charge in [-0.1, -0.05) is 43.0 Å². The number of thiocarbonyl (C=S) groups is 1. The summed E-state index contributed by atoms with van der Waals surface area (Å²) in [4.78, 5) is 15.2. The number of aromatic nitrogens is 1. The molecule has 0 atom stereocenters. The number of nitrogens with zero attached hydrogens (tertiary/aromatic N) is 1. The summed E-state index contributed by atoms with van der Waals surface area (Å²) in [6.07, 6.45) is 6.53. The number of hydrogen-bond acceptors (Lipinski definition) is 5. The maximum atomic E-state index is 14.9. The third-order valence-electron chi connectivity index (χ3n) is 4.80. The van der Waals surface area contributed by atoms with Crippen molar-refractivity contribution in [3.8, 4) is 11.5 Å². The molecule has 1 aromatic heterocycles. The van der Waals surface area contributed by atoms with E-state index in [1.165, 1.54) is 12.1 Å². The number of carbonyl (C=O) groups is 1. The van der Waals surface area contributed by atoms with E-state index >= 15 is 0 Å². The number of carbonyl (C=O) groups excluding carboxylic acids is 1. The fourth-order valence-electron chi connectivity index (χ4n) is 3.25. The molecule has 0 amide bonds. The molecule has 0 spiro atoms. The van der Waals surface area contributed by atoms with Crippen molar-refractivity contribution in [1.29, 1.82) is 0 Å². The van der Waals surface area contributed by atoms with Crippen molar-refractivity contribution in [2.45, 2.75) is 12.8 Å². The van der Waals surface area contributed by atoms with Crippen molar-refractivity contribution in [3.05, 3.63) is 95.0 Å². The smallest absolute Gasteiger partial charge is 0.175 e. The maximum absolute atomic E-state index is 14.9. The van der Waals surface area contributed by atoms with Crippen molar-refractivity contribution in [1.82, 2.24) is 10.3 Å². The summed E-state index contributed by atoms with van der Waals surface area (Å²) in [6.45, 7) is 4.32. The second kappa shape index (κ2) is 13.1. The zero-order valence-electron chi connectivity index (χ0n) is 19.3. The Morgan fingerprint density at radius 1 is 1.14 bits per heavy atom. The van der Waals surface area contributed by atoms with E-state index in [9.17, 15) is 9.18 Å². The van der Waals surface area contributed by atoms with Gasteiger partial charge < -0.3 is 24.9 Å². The molecule has 1 heterocycles. The highest BCUT2D eigenvalue weighted by atomic mass is 32.1. The molecule has 0 fully saturated rings. The number of nitrogens with one attached hydrogen (secondary N) is 2. The largest absolute Gasteiger partial charge is 0.454 e. The van der Waals surface area contributed by atoms with Crippen LogP contribution >= 0.6 is 12.2 Å². The Hall–Kier alpha value is -3.88. The van der Waals surface area contributed by atoms with Gasteiger partial charge in [0.25, 0.3) is 0 Å². The van der Waals surface area contributed by atoms with Crippen LogP contribution in [0.1, 0.15) is 12.0 Å². The number of ether oxygens (including phenoxy) is 2. The molecule has 35 heavy (non-hydrogen) atoms. The van der Waals surface area contributed by atoms with Gasteiger partial charge in [-0.25, -0.2) is 4.39 Å². The van der Waals surface area contributed by atoms with Crippen LogP contribution in [-0.2, 0) is 16.0 Å². The summed E-state index contributed by atoms with van der Waals surface area (Å²) in [6, 6.07) is 15.9. The van der Waals surface area contributed by atoms with Gasteiger partial charge in [0.05, 0.1) is 12.0 Å². The van der Waals surface area contributed by atoms with Gasteiger partial charge >= 0.3 is 0 Å². The summed E-state index contributed by atoms with van der Waals surface area (Å²) in [5.74, 6) is -0.188. The SMILES string of the molecule is C=C(Cc1ccccc1)NC(=S)Nc1ccc(Oc2ccnc(=C/COC)/c2=C\CC=O)c(F)c1. The Morgan fingerprint density at radius 3 is 2.66 bits per heavy atom. The van der Waals surface area contributed by atoms with Gasteiger partial charge in [-0.3, -0.25) is 4.98 Å². The Morgan fingerprint density at radius 2 is 1.94 bits per heavy atom. The summed E-state index contributed by atoms with van der Waals surface area (Å²) in [5, 5.41) is 7.44. The molecule has 0 saturated heterocycles. The molecular weight excluding hydrogens is 465 g/mol. The van der Waals surface area contributed by atoms with E-state index in [1.54, 1.807) is 37.6 Å². The van der Waals surface area contributed by atoms with Crippen LogP contribution in [0.5, 0.6) is 11.5 Å². The lowest BCUT2D eigenvalue weighted by molar-refractivity contribution is -0.106. The Labute approximate surface area is 208 Å². The van der Waals surface area contributed by atoms with E-state index in [-0.39, 0.29) is 12.2 Å². The molecule has 3 rings (SSSR count). The molecule has 0 unspecified atom stereocenters. The molecule has 0 bridgehead atoms. The normalized spacial score (nSPS) is 11.7. The van der Waals surface area contributed by atoms with Crippen LogP contribution in [-0.4, -0.2) is 30.1 Å². The van der Waals surface area contributed by atoms with Crippen molar-refractivity contribution in [3.63, 3.8) is 0 Å². The van der Waals surface area contributed by atoms with Gasteiger partial charge in [0.2, 0.25) is 0 Å². The fourth-order valence-corrected chi connectivity index (χ4v) is 3.51. The van der Waals surface area contributed by atoms with E-state index in [0.717, 1.165) is 11.8 Å². The van der Waals surface area contributed by atoms with Crippen LogP contribution in [0.4, 0.5) is 10.1 Å². The summed E-state index contributed by atoms with van der Waals surface area (Å²) in [5.41, 5.74) is 2.27. The number of halogens is 1. The average molecular weight is 492 g/mol. The molecule has 0 aliphatic carbocycles. The van der Waals surface area contributed by atoms with Crippen molar-refractivity contribution in [2.24, 2.45) is 0 Å². The summed E-state index contributed by atoms with van der Waals surface area (Å²) in [7, 11) is 1.57. The lowest BCUT2D eigenvalue weighted by Crippen LogP contribution is -2.30. The number of pyridine rings is 1. The van der Waals surface area contributed by atoms with Crippen LogP contribution < -0.4 is 25.9 Å². The Balaban J connectivity index is 1.71. The van der Waals surface area contributed by atoms with Crippen molar-refractivity contribution in [2.75, 3.05) is 19.0 Å². The topological polar surface area (TPSA) is 72.5 Å². The van der Waals surface area contributed by atoms with Crippen molar-refractivity contribution < 1.29 is 18.7 Å². The number of hydrogen-bond donors (Lipinski definition) is 2. The van der Waals surface area contributed by atoms with Gasteiger partial charge in [-0.2, -0.15) is 0 Å². The first-order chi connectivity index (χ1) is 17.0. The van der Waals surface area contributed by atoms with E-state index < -0.39 is 5.82 Å². The molecule has 0 aliphatic heterocycles. The molecule has 0 radical (unpaired) electrons. The summed E-state index contributed by atoms with van der Waals surface area (Å²) < 4.78 is 25.8. The van der Waals surface area contributed by atoms with Gasteiger partial charge in [-0.15, -0.1) is 0 Å². The highest BCUT2D eigenvalue weighted by Crippen LogP contribution is 2.25. The first-order valence-corrected chi connectivity index (χ1v) is 11.3. The quantitative estimate of drug-likeness (QED) is 0.330. The minimum Gasteiger partial charge on any atom is -0.454 e. The fraction of sp³-hybridized carbons (Fsp3) is 0.148. The van der Waals surface area contributed by atoms with Crippen LogP contribution in [0.25, 0.3) is 12.2 Å². The van der Waals surface area contributed by atoms with E-state index in [1.807, 2.05) is 30.3 Å². The third kappa shape index (κ3) is 7.84. The van der Waals surface area contributed by atoms with Gasteiger partial charge in [0, 0.05) is 48.8 Å².